The molecule has 0 unspecified atom stereocenters. The molecule has 0 N–H and O–H groups in total. The van der Waals surface area contributed by atoms with Gasteiger partial charge in [0.15, 0.2) is 0 Å². The molecular weight excluding hydrogens is 585 g/mol. The molecule has 0 fully saturated rings. The number of nitrogens with zero attached hydrogens (tertiary/aromatic N) is 4. The first-order valence-corrected chi connectivity index (χ1v) is 16.3. The average Bonchev–Trinajstić information content (AvgIpc) is 3.72. The molecule has 0 saturated carbocycles. The number of rotatable bonds is 4. The minimum atomic E-state index is 0.656. The van der Waals surface area contributed by atoms with Crippen LogP contribution in [0.4, 0.5) is 0 Å². The summed E-state index contributed by atoms with van der Waals surface area (Å²) in [6, 6.07) is 58.0. The molecule has 0 amide bonds. The number of benzene rings is 7. The first-order valence-electron chi connectivity index (χ1n) is 16.3. The van der Waals surface area contributed by atoms with E-state index in [9.17, 15) is 0 Å². The molecule has 10 rings (SSSR count). The summed E-state index contributed by atoms with van der Waals surface area (Å²) in [5.74, 6) is 0.656. The molecule has 0 spiro atoms. The summed E-state index contributed by atoms with van der Waals surface area (Å²) >= 11 is 0. The Hall–Kier alpha value is -6.52. The van der Waals surface area contributed by atoms with Crippen molar-refractivity contribution in [3.05, 3.63) is 170 Å². The first kappa shape index (κ1) is 26.7. The van der Waals surface area contributed by atoms with Crippen LogP contribution in [-0.2, 0) is 0 Å². The molecule has 0 aliphatic rings. The van der Waals surface area contributed by atoms with Crippen molar-refractivity contribution in [3.8, 4) is 34.0 Å². The molecule has 4 nitrogen and oxygen atoms in total. The van der Waals surface area contributed by atoms with E-state index < -0.39 is 0 Å². The van der Waals surface area contributed by atoms with Gasteiger partial charge in [-0.25, -0.2) is 9.97 Å². The van der Waals surface area contributed by atoms with Gasteiger partial charge in [0.2, 0.25) is 5.95 Å². The maximum absolute atomic E-state index is 5.46. The van der Waals surface area contributed by atoms with Gasteiger partial charge in [0, 0.05) is 39.0 Å². The second-order valence-electron chi connectivity index (χ2n) is 12.3. The summed E-state index contributed by atoms with van der Waals surface area (Å²) in [5, 5.41) is 6.95. The van der Waals surface area contributed by atoms with E-state index in [0.717, 1.165) is 44.4 Å². The van der Waals surface area contributed by atoms with E-state index >= 15 is 0 Å². The number of para-hydroxylation sites is 3. The predicted molar refractivity (Wildman–Crippen MR) is 199 cm³/mol. The van der Waals surface area contributed by atoms with Crippen LogP contribution >= 0.6 is 0 Å². The standard InChI is InChI=1S/C44H28N4/c1-3-13-29(14-4-1)32-23-24-36(34-18-8-7-17-33(32)34)43-37-20-9-11-21-39(37)45-44(46-43)48-40-22-12-10-19-35(40)38-27-30-25-26-47(41(30)28-42(38)48)31-15-5-2-6-16-31/h1-28H. The van der Waals surface area contributed by atoms with Crippen LogP contribution in [0.5, 0.6) is 0 Å². The molecule has 4 heteroatoms. The van der Waals surface area contributed by atoms with Crippen LogP contribution < -0.4 is 0 Å². The Balaban J connectivity index is 1.27. The number of aromatic nitrogens is 4. The predicted octanol–water partition coefficient (Wildman–Crippen LogP) is 11.2. The number of fused-ring (bicyclic) bond motifs is 6. The van der Waals surface area contributed by atoms with Gasteiger partial charge in [-0.15, -0.1) is 0 Å². The van der Waals surface area contributed by atoms with E-state index in [0.29, 0.717) is 5.95 Å². The Bertz CT molecular complexity index is 2830. The van der Waals surface area contributed by atoms with Crippen LogP contribution in [0.3, 0.4) is 0 Å². The smallest absolute Gasteiger partial charge is 0.235 e. The highest BCUT2D eigenvalue weighted by molar-refractivity contribution is 6.14. The molecule has 10 aromatic rings. The molecular formula is C44H28N4. The highest BCUT2D eigenvalue weighted by atomic mass is 15.2. The lowest BCUT2D eigenvalue weighted by molar-refractivity contribution is 1.01. The molecule has 224 valence electrons. The van der Waals surface area contributed by atoms with Crippen LogP contribution in [0.1, 0.15) is 0 Å². The van der Waals surface area contributed by atoms with E-state index in [-0.39, 0.29) is 0 Å². The summed E-state index contributed by atoms with van der Waals surface area (Å²) in [6.07, 6.45) is 2.15. The molecule has 7 aromatic carbocycles. The molecule has 0 aliphatic carbocycles. The quantitative estimate of drug-likeness (QED) is 0.198. The third kappa shape index (κ3) is 4.03. The highest BCUT2D eigenvalue weighted by Gasteiger charge is 2.20. The van der Waals surface area contributed by atoms with Crippen molar-refractivity contribution < 1.29 is 0 Å². The van der Waals surface area contributed by atoms with Crippen molar-refractivity contribution in [2.24, 2.45) is 0 Å². The van der Waals surface area contributed by atoms with E-state index in [1.807, 2.05) is 0 Å². The highest BCUT2D eigenvalue weighted by Crippen LogP contribution is 2.39. The van der Waals surface area contributed by atoms with E-state index in [2.05, 4.69) is 179 Å². The van der Waals surface area contributed by atoms with Crippen molar-refractivity contribution in [3.63, 3.8) is 0 Å². The molecule has 0 aliphatic heterocycles. The molecule has 0 atom stereocenters. The number of hydrogen-bond acceptors (Lipinski definition) is 2. The topological polar surface area (TPSA) is 35.6 Å². The van der Waals surface area contributed by atoms with Crippen molar-refractivity contribution >= 4 is 54.4 Å². The molecule has 48 heavy (non-hydrogen) atoms. The van der Waals surface area contributed by atoms with Gasteiger partial charge in [-0.2, -0.15) is 0 Å². The van der Waals surface area contributed by atoms with Gasteiger partial charge in [-0.1, -0.05) is 121 Å². The Morgan fingerprint density at radius 2 is 1.06 bits per heavy atom. The largest absolute Gasteiger partial charge is 0.316 e. The molecule has 0 saturated heterocycles. The zero-order valence-corrected chi connectivity index (χ0v) is 26.0. The number of hydrogen-bond donors (Lipinski definition) is 0. The van der Waals surface area contributed by atoms with Gasteiger partial charge in [0.1, 0.15) is 0 Å². The Morgan fingerprint density at radius 3 is 1.88 bits per heavy atom. The van der Waals surface area contributed by atoms with Gasteiger partial charge in [-0.05, 0) is 64.4 Å². The maximum atomic E-state index is 5.46. The third-order valence-electron chi connectivity index (χ3n) is 9.57. The van der Waals surface area contributed by atoms with Crippen molar-refractivity contribution in [1.82, 2.24) is 19.1 Å². The van der Waals surface area contributed by atoms with E-state index in [1.165, 1.54) is 38.1 Å². The Morgan fingerprint density at radius 1 is 0.417 bits per heavy atom. The van der Waals surface area contributed by atoms with Crippen molar-refractivity contribution in [2.75, 3.05) is 0 Å². The molecule has 0 radical (unpaired) electrons. The molecule has 3 heterocycles. The van der Waals surface area contributed by atoms with Crippen molar-refractivity contribution in [1.29, 1.82) is 0 Å². The SMILES string of the molecule is c1ccc(-c2ccc(-c3nc(-n4c5ccccc5c5cc6ccn(-c7ccccc7)c6cc54)nc4ccccc34)c3ccccc23)cc1. The minimum absolute atomic E-state index is 0.656. The fraction of sp³-hybridized carbons (Fsp3) is 0. The van der Waals surface area contributed by atoms with Crippen LogP contribution in [0.2, 0.25) is 0 Å². The monoisotopic (exact) mass is 612 g/mol. The molecule has 0 bridgehead atoms. The van der Waals surface area contributed by atoms with Gasteiger partial charge < -0.3 is 4.57 Å². The molecule has 3 aromatic heterocycles. The van der Waals surface area contributed by atoms with E-state index in [1.54, 1.807) is 0 Å². The lowest BCUT2D eigenvalue weighted by atomic mass is 9.93. The van der Waals surface area contributed by atoms with Gasteiger partial charge in [0.05, 0.1) is 27.8 Å². The van der Waals surface area contributed by atoms with Crippen LogP contribution in [0, 0.1) is 0 Å². The van der Waals surface area contributed by atoms with Crippen molar-refractivity contribution in [2.45, 2.75) is 0 Å². The van der Waals surface area contributed by atoms with Gasteiger partial charge in [0.25, 0.3) is 0 Å². The fourth-order valence-electron chi connectivity index (χ4n) is 7.37. The van der Waals surface area contributed by atoms with Crippen LogP contribution in [0.15, 0.2) is 170 Å². The second-order valence-corrected chi connectivity index (χ2v) is 12.3. The Kier molecular flexibility index (Phi) is 5.84. The summed E-state index contributed by atoms with van der Waals surface area (Å²) in [5.41, 5.74) is 9.75. The zero-order chi connectivity index (χ0) is 31.6. The summed E-state index contributed by atoms with van der Waals surface area (Å²) in [6.45, 7) is 0. The second kappa shape index (κ2) is 10.5. The van der Waals surface area contributed by atoms with Crippen LogP contribution in [-0.4, -0.2) is 19.1 Å². The maximum Gasteiger partial charge on any atom is 0.235 e. The van der Waals surface area contributed by atoms with Gasteiger partial charge >= 0.3 is 0 Å². The summed E-state index contributed by atoms with van der Waals surface area (Å²) < 4.78 is 4.49. The normalized spacial score (nSPS) is 11.8. The summed E-state index contributed by atoms with van der Waals surface area (Å²) in [4.78, 5) is 10.7. The third-order valence-corrected chi connectivity index (χ3v) is 9.57. The first-order chi connectivity index (χ1) is 23.8. The summed E-state index contributed by atoms with van der Waals surface area (Å²) in [7, 11) is 0. The minimum Gasteiger partial charge on any atom is -0.316 e. The van der Waals surface area contributed by atoms with Crippen LogP contribution in [0.25, 0.3) is 88.4 Å². The van der Waals surface area contributed by atoms with Gasteiger partial charge in [-0.3, -0.25) is 4.57 Å². The Labute approximate surface area is 276 Å². The average molecular weight is 613 g/mol. The van der Waals surface area contributed by atoms with E-state index in [4.69, 9.17) is 9.97 Å². The fourth-order valence-corrected chi connectivity index (χ4v) is 7.37. The lowest BCUT2D eigenvalue weighted by Crippen LogP contribution is -2.04. The lowest BCUT2D eigenvalue weighted by Gasteiger charge is -2.15. The zero-order valence-electron chi connectivity index (χ0n) is 26.0.